The first-order valence-electron chi connectivity index (χ1n) is 14.2. The van der Waals surface area contributed by atoms with E-state index in [1.54, 1.807) is 56.3 Å². The van der Waals surface area contributed by atoms with E-state index in [0.29, 0.717) is 11.5 Å². The second-order valence-electron chi connectivity index (χ2n) is 10.7. The van der Waals surface area contributed by atoms with Crippen molar-refractivity contribution in [1.29, 1.82) is 0 Å². The molecule has 4 aromatic rings. The van der Waals surface area contributed by atoms with E-state index in [2.05, 4.69) is 5.32 Å². The molecule has 1 unspecified atom stereocenters. The number of carbonyl (C=O) groups excluding carboxylic acids is 2. The quantitative estimate of drug-likeness (QED) is 0.212. The van der Waals surface area contributed by atoms with Gasteiger partial charge in [0.15, 0.2) is 0 Å². The lowest BCUT2D eigenvalue weighted by Gasteiger charge is -2.34. The number of amides is 2. The molecule has 2 amide bonds. The van der Waals surface area contributed by atoms with Crippen LogP contribution in [0.3, 0.4) is 0 Å². The number of anilines is 1. The minimum absolute atomic E-state index is 0.143. The summed E-state index contributed by atoms with van der Waals surface area (Å²) in [6.07, 6.45) is 1.15. The van der Waals surface area contributed by atoms with Crippen molar-refractivity contribution in [2.45, 2.75) is 38.9 Å². The number of benzene rings is 4. The molecule has 0 saturated heterocycles. The fraction of sp³-hybridized carbons (Fsp3) is 0.235. The Morgan fingerprint density at radius 2 is 1.39 bits per heavy atom. The van der Waals surface area contributed by atoms with Gasteiger partial charge in [0, 0.05) is 24.6 Å². The molecule has 0 aromatic heterocycles. The summed E-state index contributed by atoms with van der Waals surface area (Å²) in [5, 5.41) is 2.87. The van der Waals surface area contributed by atoms with E-state index >= 15 is 0 Å². The molecular weight excluding hydrogens is 581 g/mol. The topological polar surface area (TPSA) is 96.0 Å². The number of para-hydroxylation sites is 1. The van der Waals surface area contributed by atoms with Gasteiger partial charge in [0.1, 0.15) is 29.9 Å². The van der Waals surface area contributed by atoms with Gasteiger partial charge in [-0.3, -0.25) is 13.9 Å². The average molecular weight is 618 g/mol. The van der Waals surface area contributed by atoms with Crippen LogP contribution < -0.4 is 14.4 Å². The van der Waals surface area contributed by atoms with Crippen LogP contribution in [0.5, 0.6) is 11.5 Å². The summed E-state index contributed by atoms with van der Waals surface area (Å²) in [6.45, 7) is 2.76. The van der Waals surface area contributed by atoms with Crippen molar-refractivity contribution < 1.29 is 27.1 Å². The predicted molar refractivity (Wildman–Crippen MR) is 169 cm³/mol. The maximum atomic E-state index is 14.9. The zero-order chi connectivity index (χ0) is 31.7. The molecule has 4 aromatic carbocycles. The minimum atomic E-state index is -3.95. The molecule has 0 aliphatic heterocycles. The van der Waals surface area contributed by atoms with Crippen LogP contribution in [-0.4, -0.2) is 50.0 Å². The number of ether oxygens (including phenoxy) is 1. The van der Waals surface area contributed by atoms with Crippen LogP contribution in [0, 0.1) is 5.82 Å². The first-order chi connectivity index (χ1) is 21.0. The number of hydrogen-bond acceptors (Lipinski definition) is 5. The smallest absolute Gasteiger partial charge is 0.244 e. The highest BCUT2D eigenvalue weighted by Crippen LogP contribution is 2.26. The van der Waals surface area contributed by atoms with Crippen molar-refractivity contribution >= 4 is 27.5 Å². The van der Waals surface area contributed by atoms with Crippen LogP contribution in [0.1, 0.15) is 25.0 Å². The fourth-order valence-electron chi connectivity index (χ4n) is 4.66. The Labute approximate surface area is 258 Å². The third kappa shape index (κ3) is 8.90. The summed E-state index contributed by atoms with van der Waals surface area (Å²) in [5.41, 5.74) is 1.22. The lowest BCUT2D eigenvalue weighted by molar-refractivity contribution is -0.140. The summed E-state index contributed by atoms with van der Waals surface area (Å²) in [6, 6.07) is 29.3. The summed E-state index contributed by atoms with van der Waals surface area (Å²) >= 11 is 0. The van der Waals surface area contributed by atoms with Gasteiger partial charge in [-0.15, -0.1) is 0 Å². The predicted octanol–water partition coefficient (Wildman–Crippen LogP) is 5.55. The molecule has 4 rings (SSSR count). The van der Waals surface area contributed by atoms with Crippen molar-refractivity contribution in [3.8, 4) is 11.5 Å². The first kappa shape index (κ1) is 32.2. The van der Waals surface area contributed by atoms with Gasteiger partial charge in [-0.2, -0.15) is 0 Å². The number of nitrogens with zero attached hydrogens (tertiary/aromatic N) is 2. The molecule has 8 nitrogen and oxygen atoms in total. The molecular formula is C34H36FN3O5S. The van der Waals surface area contributed by atoms with E-state index in [9.17, 15) is 22.4 Å². The van der Waals surface area contributed by atoms with E-state index in [1.165, 1.54) is 23.1 Å². The largest absolute Gasteiger partial charge is 0.457 e. The van der Waals surface area contributed by atoms with Gasteiger partial charge in [-0.25, -0.2) is 12.8 Å². The van der Waals surface area contributed by atoms with Crippen LogP contribution >= 0.6 is 0 Å². The van der Waals surface area contributed by atoms with Crippen LogP contribution in [0.25, 0.3) is 0 Å². The molecule has 0 spiro atoms. The number of hydrogen-bond donors (Lipinski definition) is 1. The van der Waals surface area contributed by atoms with Gasteiger partial charge >= 0.3 is 0 Å². The highest BCUT2D eigenvalue weighted by atomic mass is 32.2. The van der Waals surface area contributed by atoms with Crippen molar-refractivity contribution in [2.24, 2.45) is 0 Å². The third-order valence-corrected chi connectivity index (χ3v) is 7.92. The second kappa shape index (κ2) is 14.7. The third-order valence-electron chi connectivity index (χ3n) is 6.78. The Morgan fingerprint density at radius 3 is 1.98 bits per heavy atom. The summed E-state index contributed by atoms with van der Waals surface area (Å²) < 4.78 is 47.7. The second-order valence-corrected chi connectivity index (χ2v) is 12.6. The van der Waals surface area contributed by atoms with Crippen LogP contribution in [0.2, 0.25) is 0 Å². The van der Waals surface area contributed by atoms with Crippen LogP contribution in [-0.2, 0) is 32.6 Å². The van der Waals surface area contributed by atoms with Gasteiger partial charge in [0.25, 0.3) is 0 Å². The minimum Gasteiger partial charge on any atom is -0.457 e. The summed E-state index contributed by atoms with van der Waals surface area (Å²) in [4.78, 5) is 28.9. The molecule has 0 bridgehead atoms. The average Bonchev–Trinajstić information content (AvgIpc) is 2.99. The van der Waals surface area contributed by atoms with Gasteiger partial charge in [0.05, 0.1) is 11.9 Å². The maximum absolute atomic E-state index is 14.9. The molecule has 230 valence electrons. The Bertz CT molecular complexity index is 1650. The van der Waals surface area contributed by atoms with Gasteiger partial charge in [-0.1, -0.05) is 66.7 Å². The highest BCUT2D eigenvalue weighted by molar-refractivity contribution is 7.92. The normalized spacial score (nSPS) is 11.9. The van der Waals surface area contributed by atoms with Crippen molar-refractivity contribution in [3.05, 3.63) is 126 Å². The van der Waals surface area contributed by atoms with Crippen LogP contribution in [0.15, 0.2) is 109 Å². The van der Waals surface area contributed by atoms with Crippen molar-refractivity contribution in [1.82, 2.24) is 10.2 Å². The van der Waals surface area contributed by atoms with E-state index < -0.39 is 40.2 Å². The monoisotopic (exact) mass is 617 g/mol. The molecule has 0 heterocycles. The van der Waals surface area contributed by atoms with E-state index in [4.69, 9.17) is 4.74 Å². The molecule has 0 radical (unpaired) electrons. The summed E-state index contributed by atoms with van der Waals surface area (Å²) in [5.74, 6) is -0.538. The lowest BCUT2D eigenvalue weighted by Crippen LogP contribution is -2.54. The van der Waals surface area contributed by atoms with E-state index in [0.717, 1.165) is 16.1 Å². The lowest BCUT2D eigenvalue weighted by atomic mass is 10.0. The first-order valence-corrected chi connectivity index (χ1v) is 16.0. The maximum Gasteiger partial charge on any atom is 0.244 e. The molecule has 0 aliphatic rings. The molecule has 0 saturated carbocycles. The number of sulfonamides is 1. The molecule has 10 heteroatoms. The van der Waals surface area contributed by atoms with E-state index in [1.807, 2.05) is 48.5 Å². The molecule has 1 atom stereocenters. The highest BCUT2D eigenvalue weighted by Gasteiger charge is 2.33. The molecule has 1 N–H and O–H groups in total. The summed E-state index contributed by atoms with van der Waals surface area (Å²) in [7, 11) is -3.95. The van der Waals surface area contributed by atoms with Gasteiger partial charge in [-0.05, 0) is 61.9 Å². The van der Waals surface area contributed by atoms with Crippen molar-refractivity contribution in [2.75, 3.05) is 17.1 Å². The van der Waals surface area contributed by atoms with Gasteiger partial charge in [0.2, 0.25) is 21.8 Å². The number of rotatable bonds is 13. The number of carbonyl (C=O) groups is 2. The number of halogens is 1. The number of nitrogens with one attached hydrogen (secondary N) is 1. The van der Waals surface area contributed by atoms with Crippen LogP contribution in [0.4, 0.5) is 10.1 Å². The standard InChI is InChI=1S/C34H36FN3O5S/c1-25(2)36-34(40)32(22-26-12-6-4-7-13-26)37(23-27-14-10-11-17-31(27)35)33(39)24-38(44(3,41)42)28-18-20-30(21-19-28)43-29-15-8-5-9-16-29/h4-21,25,32H,22-24H2,1-3H3,(H,36,40). The molecule has 44 heavy (non-hydrogen) atoms. The van der Waals surface area contributed by atoms with E-state index in [-0.39, 0.29) is 30.3 Å². The van der Waals surface area contributed by atoms with Crippen molar-refractivity contribution in [3.63, 3.8) is 0 Å². The SMILES string of the molecule is CC(C)NC(=O)C(Cc1ccccc1)N(Cc1ccccc1F)C(=O)CN(c1ccc(Oc2ccccc2)cc1)S(C)(=O)=O. The Balaban J connectivity index is 1.68. The Kier molecular flexibility index (Phi) is 10.7. The zero-order valence-corrected chi connectivity index (χ0v) is 25.7. The van der Waals surface area contributed by atoms with Gasteiger partial charge < -0.3 is 15.0 Å². The molecule has 0 fully saturated rings. The zero-order valence-electron chi connectivity index (χ0n) is 24.9. The Hall–Kier alpha value is -4.70. The fourth-order valence-corrected chi connectivity index (χ4v) is 5.51. The Morgan fingerprint density at radius 1 is 0.818 bits per heavy atom. The molecule has 0 aliphatic carbocycles.